The fraction of sp³-hybridized carbons (Fsp3) is 0.316. The molecule has 1 amide bonds. The van der Waals surface area contributed by atoms with Crippen molar-refractivity contribution in [1.82, 2.24) is 9.78 Å². The standard InChI is InChI=1S/C19H20N4O3/c1-4-5-18(25)21-15-8-6-14(7-9-15)17(24)11-23-19(26)16(10-20)12(2)13(3)22-23/h6-9H,4-5,11H2,1-3H3,(H,21,25). The fourth-order valence-electron chi connectivity index (χ4n) is 2.43. The van der Waals surface area contributed by atoms with Crippen molar-refractivity contribution in [3.05, 3.63) is 57.0 Å². The summed E-state index contributed by atoms with van der Waals surface area (Å²) in [6.45, 7) is 5.00. The molecule has 7 heteroatoms. The van der Waals surface area contributed by atoms with E-state index in [0.29, 0.717) is 28.9 Å². The highest BCUT2D eigenvalue weighted by atomic mass is 16.2. The molecule has 1 aromatic carbocycles. The Morgan fingerprint density at radius 3 is 2.46 bits per heavy atom. The number of rotatable bonds is 6. The van der Waals surface area contributed by atoms with Crippen molar-refractivity contribution >= 4 is 17.4 Å². The molecular formula is C19H20N4O3. The predicted molar refractivity (Wildman–Crippen MR) is 97.0 cm³/mol. The van der Waals surface area contributed by atoms with Crippen LogP contribution in [0.5, 0.6) is 0 Å². The molecule has 2 aromatic rings. The molecule has 7 nitrogen and oxygen atoms in total. The van der Waals surface area contributed by atoms with Crippen molar-refractivity contribution in [3.63, 3.8) is 0 Å². The van der Waals surface area contributed by atoms with E-state index < -0.39 is 5.56 Å². The van der Waals surface area contributed by atoms with E-state index in [-0.39, 0.29) is 23.8 Å². The van der Waals surface area contributed by atoms with Gasteiger partial charge in [-0.1, -0.05) is 6.92 Å². The van der Waals surface area contributed by atoms with Gasteiger partial charge in [-0.3, -0.25) is 14.4 Å². The smallest absolute Gasteiger partial charge is 0.285 e. The van der Waals surface area contributed by atoms with Crippen LogP contribution in [0.4, 0.5) is 5.69 Å². The molecule has 0 saturated heterocycles. The number of aromatic nitrogens is 2. The topological polar surface area (TPSA) is 105 Å². The lowest BCUT2D eigenvalue weighted by Crippen LogP contribution is -2.30. The van der Waals surface area contributed by atoms with Crippen molar-refractivity contribution in [2.45, 2.75) is 40.2 Å². The zero-order valence-corrected chi connectivity index (χ0v) is 15.0. The third kappa shape index (κ3) is 4.22. The van der Waals surface area contributed by atoms with Gasteiger partial charge in [-0.15, -0.1) is 0 Å². The molecule has 0 bridgehead atoms. The number of nitrogens with one attached hydrogen (secondary N) is 1. The van der Waals surface area contributed by atoms with Crippen LogP contribution in [0, 0.1) is 25.2 Å². The van der Waals surface area contributed by atoms with Crippen LogP contribution in [0.25, 0.3) is 0 Å². The average Bonchev–Trinajstić information content (AvgIpc) is 2.61. The van der Waals surface area contributed by atoms with Gasteiger partial charge < -0.3 is 5.32 Å². The van der Waals surface area contributed by atoms with Crippen molar-refractivity contribution < 1.29 is 9.59 Å². The van der Waals surface area contributed by atoms with Gasteiger partial charge in [-0.05, 0) is 50.1 Å². The summed E-state index contributed by atoms with van der Waals surface area (Å²) in [5.41, 5.74) is 1.47. The fourth-order valence-corrected chi connectivity index (χ4v) is 2.43. The maximum atomic E-state index is 12.4. The summed E-state index contributed by atoms with van der Waals surface area (Å²) < 4.78 is 1.01. The van der Waals surface area contributed by atoms with Crippen LogP contribution in [-0.2, 0) is 11.3 Å². The zero-order chi connectivity index (χ0) is 19.3. The van der Waals surface area contributed by atoms with Crippen LogP contribution in [0.3, 0.4) is 0 Å². The minimum Gasteiger partial charge on any atom is -0.326 e. The molecule has 1 aromatic heterocycles. The number of aryl methyl sites for hydroxylation is 1. The van der Waals surface area contributed by atoms with Gasteiger partial charge in [0.15, 0.2) is 5.78 Å². The molecule has 0 saturated carbocycles. The van der Waals surface area contributed by atoms with Gasteiger partial charge >= 0.3 is 0 Å². The third-order valence-corrected chi connectivity index (χ3v) is 4.01. The number of nitrogens with zero attached hydrogens (tertiary/aromatic N) is 3. The van der Waals surface area contributed by atoms with E-state index in [1.165, 1.54) is 0 Å². The largest absolute Gasteiger partial charge is 0.326 e. The number of hydrogen-bond acceptors (Lipinski definition) is 5. The third-order valence-electron chi connectivity index (χ3n) is 4.01. The van der Waals surface area contributed by atoms with E-state index in [0.717, 1.165) is 11.1 Å². The Bertz CT molecular complexity index is 937. The Labute approximate surface area is 151 Å². The molecule has 0 aliphatic carbocycles. The molecule has 134 valence electrons. The number of hydrogen-bond donors (Lipinski definition) is 1. The van der Waals surface area contributed by atoms with Crippen LogP contribution in [0.1, 0.15) is 46.9 Å². The van der Waals surface area contributed by atoms with Gasteiger partial charge in [0.1, 0.15) is 18.2 Å². The predicted octanol–water partition coefficient (Wildman–Crippen LogP) is 2.35. The van der Waals surface area contributed by atoms with Gasteiger partial charge in [0, 0.05) is 17.7 Å². The quantitative estimate of drug-likeness (QED) is 0.804. The second kappa shape index (κ2) is 8.21. The summed E-state index contributed by atoms with van der Waals surface area (Å²) in [4.78, 5) is 36.3. The number of carbonyl (C=O) groups is 2. The summed E-state index contributed by atoms with van der Waals surface area (Å²) in [6.07, 6.45) is 1.19. The lowest BCUT2D eigenvalue weighted by atomic mass is 10.1. The first-order chi connectivity index (χ1) is 12.4. The number of benzene rings is 1. The zero-order valence-electron chi connectivity index (χ0n) is 15.0. The summed E-state index contributed by atoms with van der Waals surface area (Å²) in [5, 5.41) is 16.0. The molecule has 0 aliphatic heterocycles. The van der Waals surface area contributed by atoms with Crippen LogP contribution >= 0.6 is 0 Å². The van der Waals surface area contributed by atoms with Gasteiger partial charge in [0.2, 0.25) is 5.91 Å². The number of ketones is 1. The van der Waals surface area contributed by atoms with E-state index in [9.17, 15) is 14.4 Å². The van der Waals surface area contributed by atoms with Crippen LogP contribution in [-0.4, -0.2) is 21.5 Å². The summed E-state index contributed by atoms with van der Waals surface area (Å²) in [7, 11) is 0. The first-order valence-corrected chi connectivity index (χ1v) is 8.29. The van der Waals surface area contributed by atoms with Crippen molar-refractivity contribution in [3.8, 4) is 6.07 Å². The Kier molecular flexibility index (Phi) is 6.02. The maximum absolute atomic E-state index is 12.4. The molecule has 0 radical (unpaired) electrons. The highest BCUT2D eigenvalue weighted by Gasteiger charge is 2.15. The van der Waals surface area contributed by atoms with E-state index >= 15 is 0 Å². The molecule has 0 unspecified atom stereocenters. The van der Waals surface area contributed by atoms with E-state index in [4.69, 9.17) is 5.26 Å². The Hall–Kier alpha value is -3.27. The Balaban J connectivity index is 2.19. The molecule has 1 heterocycles. The minimum absolute atomic E-state index is 0.000663. The second-order valence-corrected chi connectivity index (χ2v) is 5.96. The minimum atomic E-state index is -0.576. The molecule has 0 atom stereocenters. The van der Waals surface area contributed by atoms with E-state index in [2.05, 4.69) is 10.4 Å². The average molecular weight is 352 g/mol. The number of nitriles is 1. The molecule has 0 aliphatic rings. The Morgan fingerprint density at radius 1 is 1.23 bits per heavy atom. The summed E-state index contributed by atoms with van der Waals surface area (Å²) in [6, 6.07) is 8.31. The van der Waals surface area contributed by atoms with E-state index in [1.807, 2.05) is 13.0 Å². The lowest BCUT2D eigenvalue weighted by molar-refractivity contribution is -0.116. The molecule has 1 N–H and O–H groups in total. The van der Waals surface area contributed by atoms with E-state index in [1.54, 1.807) is 38.1 Å². The first-order valence-electron chi connectivity index (χ1n) is 8.29. The molecular weight excluding hydrogens is 332 g/mol. The highest BCUT2D eigenvalue weighted by Crippen LogP contribution is 2.12. The van der Waals surface area contributed by atoms with Crippen LogP contribution in [0.15, 0.2) is 29.1 Å². The van der Waals surface area contributed by atoms with Crippen molar-refractivity contribution in [1.29, 1.82) is 5.26 Å². The first kappa shape index (κ1) is 19.1. The highest BCUT2D eigenvalue weighted by molar-refractivity contribution is 5.97. The monoisotopic (exact) mass is 352 g/mol. The Morgan fingerprint density at radius 2 is 1.88 bits per heavy atom. The van der Waals surface area contributed by atoms with Crippen molar-refractivity contribution in [2.75, 3.05) is 5.32 Å². The molecule has 2 rings (SSSR count). The molecule has 0 spiro atoms. The molecule has 26 heavy (non-hydrogen) atoms. The van der Waals surface area contributed by atoms with Crippen LogP contribution in [0.2, 0.25) is 0 Å². The number of amides is 1. The lowest BCUT2D eigenvalue weighted by Gasteiger charge is -2.09. The summed E-state index contributed by atoms with van der Waals surface area (Å²) >= 11 is 0. The second-order valence-electron chi connectivity index (χ2n) is 5.96. The van der Waals surface area contributed by atoms with Crippen LogP contribution < -0.4 is 10.9 Å². The van der Waals surface area contributed by atoms with Gasteiger partial charge in [0.05, 0.1) is 5.69 Å². The SMILES string of the molecule is CCCC(=O)Nc1ccc(C(=O)Cn2nc(C)c(C)c(C#N)c2=O)cc1. The molecule has 0 fully saturated rings. The number of anilines is 1. The summed E-state index contributed by atoms with van der Waals surface area (Å²) in [5.74, 6) is -0.389. The number of carbonyl (C=O) groups excluding carboxylic acids is 2. The van der Waals surface area contributed by atoms with Crippen molar-refractivity contribution in [2.24, 2.45) is 0 Å². The normalized spacial score (nSPS) is 10.2. The maximum Gasteiger partial charge on any atom is 0.285 e. The number of Topliss-reactive ketones (excluding diaryl/α,β-unsaturated/α-hetero) is 1. The van der Waals surface area contributed by atoms with Gasteiger partial charge in [0.25, 0.3) is 5.56 Å². The van der Waals surface area contributed by atoms with Gasteiger partial charge in [-0.25, -0.2) is 4.68 Å². The van der Waals surface area contributed by atoms with Gasteiger partial charge in [-0.2, -0.15) is 10.4 Å².